The van der Waals surface area contributed by atoms with Gasteiger partial charge >= 0.3 is 0 Å². The standard InChI is InChI=1S/C10H24N2O2/c1-9(7-10(2,13)8-11)12(3)5-6-14-4/h9,13H,5-8,11H2,1-4H3. The van der Waals surface area contributed by atoms with E-state index in [9.17, 15) is 5.11 Å². The van der Waals surface area contributed by atoms with Crippen molar-refractivity contribution in [1.29, 1.82) is 0 Å². The molecule has 0 aromatic rings. The van der Waals surface area contributed by atoms with E-state index in [-0.39, 0.29) is 0 Å². The Morgan fingerprint density at radius 2 is 2.14 bits per heavy atom. The van der Waals surface area contributed by atoms with Gasteiger partial charge < -0.3 is 20.5 Å². The lowest BCUT2D eigenvalue weighted by Gasteiger charge is -2.31. The highest BCUT2D eigenvalue weighted by atomic mass is 16.5. The molecule has 2 unspecified atom stereocenters. The van der Waals surface area contributed by atoms with E-state index in [1.807, 2.05) is 7.05 Å². The first-order chi connectivity index (χ1) is 6.43. The van der Waals surface area contributed by atoms with Gasteiger partial charge in [0.1, 0.15) is 0 Å². The first kappa shape index (κ1) is 13.8. The average Bonchev–Trinajstić information content (AvgIpc) is 2.13. The summed E-state index contributed by atoms with van der Waals surface area (Å²) in [6.45, 7) is 5.74. The maximum Gasteiger partial charge on any atom is 0.0756 e. The van der Waals surface area contributed by atoms with Crippen LogP contribution >= 0.6 is 0 Å². The third-order valence-corrected chi connectivity index (χ3v) is 2.58. The minimum absolute atomic E-state index is 0.301. The number of methoxy groups -OCH3 is 1. The summed E-state index contributed by atoms with van der Waals surface area (Å²) in [6.07, 6.45) is 0.684. The molecule has 4 nitrogen and oxygen atoms in total. The predicted molar refractivity (Wildman–Crippen MR) is 58.3 cm³/mol. The van der Waals surface area contributed by atoms with Crippen molar-refractivity contribution in [2.75, 3.05) is 33.9 Å². The Morgan fingerprint density at radius 3 is 2.57 bits per heavy atom. The van der Waals surface area contributed by atoms with Crippen molar-refractivity contribution in [3.63, 3.8) is 0 Å². The van der Waals surface area contributed by atoms with Crippen LogP contribution in [-0.2, 0) is 4.74 Å². The summed E-state index contributed by atoms with van der Waals surface area (Å²) in [4.78, 5) is 2.16. The lowest BCUT2D eigenvalue weighted by atomic mass is 9.97. The number of rotatable bonds is 7. The van der Waals surface area contributed by atoms with Gasteiger partial charge in [0.05, 0.1) is 12.2 Å². The SMILES string of the molecule is COCCN(C)C(C)CC(C)(O)CN. The van der Waals surface area contributed by atoms with E-state index < -0.39 is 5.60 Å². The zero-order chi connectivity index (χ0) is 11.2. The van der Waals surface area contributed by atoms with E-state index in [1.54, 1.807) is 14.0 Å². The van der Waals surface area contributed by atoms with Gasteiger partial charge in [-0.05, 0) is 27.3 Å². The van der Waals surface area contributed by atoms with Gasteiger partial charge in [0.15, 0.2) is 0 Å². The smallest absolute Gasteiger partial charge is 0.0756 e. The van der Waals surface area contributed by atoms with E-state index in [2.05, 4.69) is 11.8 Å². The second kappa shape index (κ2) is 6.35. The molecular formula is C10H24N2O2. The molecule has 0 aliphatic heterocycles. The van der Waals surface area contributed by atoms with Gasteiger partial charge in [0.2, 0.25) is 0 Å². The summed E-state index contributed by atoms with van der Waals surface area (Å²) < 4.78 is 4.99. The van der Waals surface area contributed by atoms with Crippen molar-refractivity contribution in [3.8, 4) is 0 Å². The van der Waals surface area contributed by atoms with E-state index >= 15 is 0 Å². The Balaban J connectivity index is 3.87. The molecule has 0 fully saturated rings. The van der Waals surface area contributed by atoms with Gasteiger partial charge in [-0.25, -0.2) is 0 Å². The average molecular weight is 204 g/mol. The van der Waals surface area contributed by atoms with Gasteiger partial charge in [0.25, 0.3) is 0 Å². The van der Waals surface area contributed by atoms with Gasteiger partial charge in [-0.1, -0.05) is 0 Å². The van der Waals surface area contributed by atoms with Crippen molar-refractivity contribution in [2.24, 2.45) is 5.73 Å². The largest absolute Gasteiger partial charge is 0.389 e. The summed E-state index contributed by atoms with van der Waals surface area (Å²) in [5, 5.41) is 9.79. The molecule has 0 bridgehead atoms. The summed E-state index contributed by atoms with van der Waals surface area (Å²) >= 11 is 0. The summed E-state index contributed by atoms with van der Waals surface area (Å²) in [6, 6.07) is 0.309. The molecule has 2 atom stereocenters. The number of hydrogen-bond donors (Lipinski definition) is 2. The molecule has 0 saturated heterocycles. The molecule has 4 heteroatoms. The van der Waals surface area contributed by atoms with Crippen molar-refractivity contribution in [1.82, 2.24) is 4.90 Å². The van der Waals surface area contributed by atoms with Crippen molar-refractivity contribution >= 4 is 0 Å². The quantitative estimate of drug-likeness (QED) is 0.615. The fraction of sp³-hybridized carbons (Fsp3) is 1.00. The van der Waals surface area contributed by atoms with Crippen LogP contribution in [0.25, 0.3) is 0 Å². The van der Waals surface area contributed by atoms with Crippen LogP contribution in [0.3, 0.4) is 0 Å². The summed E-state index contributed by atoms with van der Waals surface area (Å²) in [7, 11) is 3.71. The number of likely N-dealkylation sites (N-methyl/N-ethyl adjacent to an activating group) is 1. The summed E-state index contributed by atoms with van der Waals surface area (Å²) in [5.74, 6) is 0. The molecule has 3 N–H and O–H groups in total. The molecule has 0 aromatic heterocycles. The number of nitrogens with two attached hydrogens (primary N) is 1. The third-order valence-electron chi connectivity index (χ3n) is 2.58. The van der Waals surface area contributed by atoms with Crippen LogP contribution in [0.15, 0.2) is 0 Å². The number of hydrogen-bond acceptors (Lipinski definition) is 4. The fourth-order valence-corrected chi connectivity index (χ4v) is 1.33. The molecule has 0 spiro atoms. The summed E-state index contributed by atoms with van der Waals surface area (Å²) in [5.41, 5.74) is 4.70. The highest BCUT2D eigenvalue weighted by Gasteiger charge is 2.23. The maximum absolute atomic E-state index is 9.79. The molecule has 0 rings (SSSR count). The zero-order valence-electron chi connectivity index (χ0n) is 9.79. The van der Waals surface area contributed by atoms with E-state index in [0.717, 1.165) is 6.54 Å². The fourth-order valence-electron chi connectivity index (χ4n) is 1.33. The van der Waals surface area contributed by atoms with Gasteiger partial charge in [-0.15, -0.1) is 0 Å². The Morgan fingerprint density at radius 1 is 1.57 bits per heavy atom. The maximum atomic E-state index is 9.79. The lowest BCUT2D eigenvalue weighted by Crippen LogP contribution is -2.42. The Hall–Kier alpha value is -0.160. The molecule has 0 radical (unpaired) electrons. The second-order valence-corrected chi connectivity index (χ2v) is 4.23. The Labute approximate surface area is 87.0 Å². The lowest BCUT2D eigenvalue weighted by molar-refractivity contribution is 0.0292. The van der Waals surface area contributed by atoms with Crippen molar-refractivity contribution in [2.45, 2.75) is 31.9 Å². The van der Waals surface area contributed by atoms with Crippen LogP contribution < -0.4 is 5.73 Å². The molecule has 14 heavy (non-hydrogen) atoms. The highest BCUT2D eigenvalue weighted by Crippen LogP contribution is 2.13. The molecule has 0 amide bonds. The van der Waals surface area contributed by atoms with Crippen LogP contribution in [-0.4, -0.2) is 55.5 Å². The first-order valence-electron chi connectivity index (χ1n) is 5.04. The molecule has 0 aliphatic rings. The van der Waals surface area contributed by atoms with Crippen LogP contribution in [0.4, 0.5) is 0 Å². The first-order valence-corrected chi connectivity index (χ1v) is 5.04. The van der Waals surface area contributed by atoms with E-state index in [4.69, 9.17) is 10.5 Å². The van der Waals surface area contributed by atoms with Gasteiger partial charge in [-0.3, -0.25) is 0 Å². The topological polar surface area (TPSA) is 58.7 Å². The van der Waals surface area contributed by atoms with Crippen LogP contribution in [0.1, 0.15) is 20.3 Å². The number of aliphatic hydroxyl groups is 1. The van der Waals surface area contributed by atoms with Crippen LogP contribution in [0.2, 0.25) is 0 Å². The zero-order valence-corrected chi connectivity index (χ0v) is 9.79. The molecule has 0 heterocycles. The predicted octanol–water partition coefficient (Wildman–Crippen LogP) is 0.0529. The van der Waals surface area contributed by atoms with Crippen molar-refractivity contribution < 1.29 is 9.84 Å². The van der Waals surface area contributed by atoms with Gasteiger partial charge in [-0.2, -0.15) is 0 Å². The number of ether oxygens (including phenoxy) is 1. The van der Waals surface area contributed by atoms with Crippen LogP contribution in [0, 0.1) is 0 Å². The molecular weight excluding hydrogens is 180 g/mol. The molecule has 0 aliphatic carbocycles. The van der Waals surface area contributed by atoms with E-state index in [1.165, 1.54) is 0 Å². The molecule has 0 saturated carbocycles. The Kier molecular flexibility index (Phi) is 6.27. The minimum Gasteiger partial charge on any atom is -0.389 e. The molecule has 0 aromatic carbocycles. The van der Waals surface area contributed by atoms with Gasteiger partial charge in [0, 0.05) is 26.2 Å². The van der Waals surface area contributed by atoms with E-state index in [0.29, 0.717) is 25.6 Å². The minimum atomic E-state index is -0.763. The highest BCUT2D eigenvalue weighted by molar-refractivity contribution is 4.79. The third kappa shape index (κ3) is 5.54. The number of nitrogens with zero attached hydrogens (tertiary/aromatic N) is 1. The normalized spacial score (nSPS) is 18.2. The Bertz CT molecular complexity index is 151. The molecule has 86 valence electrons. The van der Waals surface area contributed by atoms with Crippen LogP contribution in [0.5, 0.6) is 0 Å². The monoisotopic (exact) mass is 204 g/mol. The second-order valence-electron chi connectivity index (χ2n) is 4.23. The van der Waals surface area contributed by atoms with Crippen molar-refractivity contribution in [3.05, 3.63) is 0 Å².